The van der Waals surface area contributed by atoms with E-state index in [1.807, 2.05) is 21.1 Å². The van der Waals surface area contributed by atoms with Crippen molar-refractivity contribution in [2.75, 3.05) is 28.3 Å². The summed E-state index contributed by atoms with van der Waals surface area (Å²) >= 11 is 0. The van der Waals surface area contributed by atoms with Crippen LogP contribution in [0.1, 0.15) is 25.5 Å². The van der Waals surface area contributed by atoms with Crippen LogP contribution in [0.5, 0.6) is 5.75 Å². The molecule has 0 aromatic heterocycles. The molecule has 0 saturated carbocycles. The molecule has 0 bridgehead atoms. The van der Waals surface area contributed by atoms with E-state index >= 15 is 0 Å². The Balaban J connectivity index is 3.17. The van der Waals surface area contributed by atoms with Gasteiger partial charge in [-0.25, -0.2) is 4.39 Å². The van der Waals surface area contributed by atoms with Gasteiger partial charge in [0, 0.05) is 17.2 Å². The highest BCUT2D eigenvalue weighted by Crippen LogP contribution is 2.32. The van der Waals surface area contributed by atoms with Gasteiger partial charge in [0.1, 0.15) is 11.6 Å². The van der Waals surface area contributed by atoms with Gasteiger partial charge in [-0.1, -0.05) is 6.07 Å². The van der Waals surface area contributed by atoms with E-state index in [2.05, 4.69) is 24.1 Å². The Morgan fingerprint density at radius 2 is 1.94 bits per heavy atom. The molecule has 1 unspecified atom stereocenters. The number of halogens is 1. The Labute approximate surface area is 109 Å². The Morgan fingerprint density at radius 3 is 2.33 bits per heavy atom. The average molecular weight is 254 g/mol. The molecule has 1 N–H and O–H groups in total. The lowest BCUT2D eigenvalue weighted by Gasteiger charge is -2.40. The second kappa shape index (κ2) is 5.67. The van der Waals surface area contributed by atoms with Crippen molar-refractivity contribution in [3.05, 3.63) is 29.6 Å². The SMILES string of the molecule is CNC(c1ccc(OC)cc1F)C(C)(C)N(C)C. The topological polar surface area (TPSA) is 24.5 Å². The maximum atomic E-state index is 14.1. The van der Waals surface area contributed by atoms with E-state index in [4.69, 9.17) is 4.74 Å². The molecule has 1 atom stereocenters. The second-order valence-corrected chi connectivity index (χ2v) is 5.16. The van der Waals surface area contributed by atoms with Crippen LogP contribution in [0.2, 0.25) is 0 Å². The van der Waals surface area contributed by atoms with Gasteiger partial charge >= 0.3 is 0 Å². The highest BCUT2D eigenvalue weighted by atomic mass is 19.1. The fourth-order valence-electron chi connectivity index (χ4n) is 2.02. The lowest BCUT2D eigenvalue weighted by molar-refractivity contribution is 0.140. The first-order valence-electron chi connectivity index (χ1n) is 6.02. The largest absolute Gasteiger partial charge is 0.497 e. The highest BCUT2D eigenvalue weighted by Gasteiger charge is 2.33. The number of hydrogen-bond acceptors (Lipinski definition) is 3. The molecule has 0 radical (unpaired) electrons. The third kappa shape index (κ3) is 2.82. The minimum Gasteiger partial charge on any atom is -0.497 e. The number of nitrogens with zero attached hydrogens (tertiary/aromatic N) is 1. The molecule has 18 heavy (non-hydrogen) atoms. The van der Waals surface area contributed by atoms with E-state index in [-0.39, 0.29) is 17.4 Å². The van der Waals surface area contributed by atoms with Gasteiger partial charge in [0.15, 0.2) is 0 Å². The van der Waals surface area contributed by atoms with E-state index in [0.29, 0.717) is 11.3 Å². The lowest BCUT2D eigenvalue weighted by atomic mass is 9.87. The van der Waals surface area contributed by atoms with Crippen molar-refractivity contribution in [3.8, 4) is 5.75 Å². The van der Waals surface area contributed by atoms with E-state index in [1.165, 1.54) is 13.2 Å². The normalized spacial score (nSPS) is 13.8. The van der Waals surface area contributed by atoms with E-state index < -0.39 is 0 Å². The van der Waals surface area contributed by atoms with Gasteiger partial charge in [-0.15, -0.1) is 0 Å². The van der Waals surface area contributed by atoms with Gasteiger partial charge < -0.3 is 15.0 Å². The Kier molecular flexibility index (Phi) is 4.71. The second-order valence-electron chi connectivity index (χ2n) is 5.16. The van der Waals surface area contributed by atoms with Gasteiger partial charge in [0.25, 0.3) is 0 Å². The number of nitrogens with one attached hydrogen (secondary N) is 1. The van der Waals surface area contributed by atoms with Gasteiger partial charge in [-0.3, -0.25) is 0 Å². The molecular formula is C14H23FN2O. The van der Waals surface area contributed by atoms with Crippen LogP contribution in [0, 0.1) is 5.82 Å². The summed E-state index contributed by atoms with van der Waals surface area (Å²) in [4.78, 5) is 2.08. The maximum absolute atomic E-state index is 14.1. The van der Waals surface area contributed by atoms with Crippen LogP contribution < -0.4 is 10.1 Å². The number of rotatable bonds is 5. The summed E-state index contributed by atoms with van der Waals surface area (Å²) in [5.41, 5.74) is 0.446. The van der Waals surface area contributed by atoms with Crippen molar-refractivity contribution in [1.29, 1.82) is 0 Å². The molecule has 4 heteroatoms. The molecule has 0 heterocycles. The Bertz CT molecular complexity index is 405. The molecule has 0 spiro atoms. The fourth-order valence-corrected chi connectivity index (χ4v) is 2.02. The standard InChI is InChI=1S/C14H23FN2O/c1-14(2,17(4)5)13(16-3)11-8-7-10(18-6)9-12(11)15/h7-9,13,16H,1-6H3. The van der Waals surface area contributed by atoms with Crippen LogP contribution in [0.25, 0.3) is 0 Å². The van der Waals surface area contributed by atoms with Crippen LogP contribution in [0.4, 0.5) is 4.39 Å². The molecule has 102 valence electrons. The quantitative estimate of drug-likeness (QED) is 0.873. The number of ether oxygens (including phenoxy) is 1. The van der Waals surface area contributed by atoms with Crippen LogP contribution in [0.3, 0.4) is 0 Å². The number of benzene rings is 1. The first kappa shape index (κ1) is 14.9. The van der Waals surface area contributed by atoms with Crippen molar-refractivity contribution in [2.45, 2.75) is 25.4 Å². The van der Waals surface area contributed by atoms with Crippen LogP contribution in [-0.4, -0.2) is 38.7 Å². The van der Waals surface area contributed by atoms with Gasteiger partial charge in [-0.2, -0.15) is 0 Å². The molecular weight excluding hydrogens is 231 g/mol. The zero-order valence-electron chi connectivity index (χ0n) is 12.0. The first-order valence-corrected chi connectivity index (χ1v) is 6.02. The van der Waals surface area contributed by atoms with Crippen LogP contribution >= 0.6 is 0 Å². The fraction of sp³-hybridized carbons (Fsp3) is 0.571. The minimum atomic E-state index is -0.247. The number of likely N-dealkylation sites (N-methyl/N-ethyl adjacent to an activating group) is 2. The van der Waals surface area contributed by atoms with Crippen molar-refractivity contribution >= 4 is 0 Å². The van der Waals surface area contributed by atoms with Gasteiger partial charge in [-0.05, 0) is 41.1 Å². The minimum absolute atomic E-state index is 0.0987. The average Bonchev–Trinajstić information content (AvgIpc) is 2.31. The van der Waals surface area contributed by atoms with Crippen molar-refractivity contribution < 1.29 is 9.13 Å². The Morgan fingerprint density at radius 1 is 1.33 bits per heavy atom. The smallest absolute Gasteiger partial charge is 0.131 e. The molecule has 1 rings (SSSR count). The van der Waals surface area contributed by atoms with Gasteiger partial charge in [0.2, 0.25) is 0 Å². The zero-order chi connectivity index (χ0) is 13.9. The Hall–Kier alpha value is -1.13. The molecule has 0 saturated heterocycles. The zero-order valence-corrected chi connectivity index (χ0v) is 12.0. The van der Waals surface area contributed by atoms with Crippen molar-refractivity contribution in [2.24, 2.45) is 0 Å². The predicted octanol–water partition coefficient (Wildman–Crippen LogP) is 2.44. The van der Waals surface area contributed by atoms with Crippen molar-refractivity contribution in [1.82, 2.24) is 10.2 Å². The number of methoxy groups -OCH3 is 1. The molecule has 0 aliphatic rings. The third-order valence-electron chi connectivity index (χ3n) is 3.67. The van der Waals surface area contributed by atoms with Crippen molar-refractivity contribution in [3.63, 3.8) is 0 Å². The van der Waals surface area contributed by atoms with E-state index in [9.17, 15) is 4.39 Å². The summed E-state index contributed by atoms with van der Waals surface area (Å²) in [5.74, 6) is 0.289. The third-order valence-corrected chi connectivity index (χ3v) is 3.67. The maximum Gasteiger partial charge on any atom is 0.131 e. The van der Waals surface area contributed by atoms with Crippen LogP contribution in [0.15, 0.2) is 18.2 Å². The van der Waals surface area contributed by atoms with E-state index in [0.717, 1.165) is 0 Å². The summed E-state index contributed by atoms with van der Waals surface area (Å²) in [7, 11) is 7.37. The molecule has 1 aromatic carbocycles. The summed E-state index contributed by atoms with van der Waals surface area (Å²) in [6, 6.07) is 4.89. The number of hydrogen-bond donors (Lipinski definition) is 1. The molecule has 3 nitrogen and oxygen atoms in total. The molecule has 0 fully saturated rings. The summed E-state index contributed by atoms with van der Waals surface area (Å²) in [6.07, 6.45) is 0. The predicted molar refractivity (Wildman–Crippen MR) is 72.5 cm³/mol. The monoisotopic (exact) mass is 254 g/mol. The van der Waals surface area contributed by atoms with E-state index in [1.54, 1.807) is 12.1 Å². The summed E-state index contributed by atoms with van der Waals surface area (Å²) in [5, 5.41) is 3.20. The first-order chi connectivity index (χ1) is 8.34. The summed E-state index contributed by atoms with van der Waals surface area (Å²) < 4.78 is 19.2. The van der Waals surface area contributed by atoms with Gasteiger partial charge in [0.05, 0.1) is 13.2 Å². The summed E-state index contributed by atoms with van der Waals surface area (Å²) in [6.45, 7) is 4.16. The lowest BCUT2D eigenvalue weighted by Crippen LogP contribution is -2.48. The highest BCUT2D eigenvalue weighted by molar-refractivity contribution is 5.32. The molecule has 0 aliphatic carbocycles. The molecule has 0 amide bonds. The molecule has 1 aromatic rings. The molecule has 0 aliphatic heterocycles. The van der Waals surface area contributed by atoms with Crippen LogP contribution in [-0.2, 0) is 0 Å².